The van der Waals surface area contributed by atoms with Crippen molar-refractivity contribution >= 4 is 133 Å². The Morgan fingerprint density at radius 3 is 0.820 bits per heavy atom. The Kier molecular flexibility index (Phi) is 11.4. The molecule has 0 radical (unpaired) electrons. The number of aromatic nitrogens is 4. The molecule has 4 aromatic heterocycles. The fraction of sp³-hybridized carbons (Fsp3) is 0.170. The Morgan fingerprint density at radius 2 is 0.510 bits per heavy atom. The normalized spacial score (nSPS) is 13.8. The zero-order chi connectivity index (χ0) is 67.7. The third kappa shape index (κ3) is 7.69. The highest BCUT2D eigenvalue weighted by Crippen LogP contribution is 2.51. The molecule has 100 heavy (non-hydrogen) atoms. The molecule has 4 aliphatic rings. The van der Waals surface area contributed by atoms with Gasteiger partial charge in [0.15, 0.2) is 0 Å². The Morgan fingerprint density at radius 1 is 0.220 bits per heavy atom. The van der Waals surface area contributed by atoms with Gasteiger partial charge in [0.1, 0.15) is 0 Å². The number of nitrogens with zero attached hydrogens (tertiary/aromatic N) is 4. The Labute approximate surface area is 584 Å². The third-order valence-electron chi connectivity index (χ3n) is 23.6. The van der Waals surface area contributed by atoms with Gasteiger partial charge in [0.25, 0.3) is 13.4 Å². The molecule has 0 fully saturated rings. The SMILES string of the molecule is CC(C)(C)c1cc2c3c(c1)c1cc(-c4ccccc4)ccc1n3-c1c3c(c4c5c1-n1c6ccc(-c7ccccc7)cc6c6cc(C(C)(C)C)cc(c61)B5c1c(C(C)(C)C)ccc5c6cc(-c7ccccc7)ccc6n-4c15)-n1c4ccc(-c5ccccc5)cc4c4cc(C(C)(C)C)cc(c41)B32. The third-order valence-corrected chi connectivity index (χ3v) is 23.6. The molecule has 4 aliphatic heterocycles. The number of fused-ring (bicyclic) bond motifs is 22. The lowest BCUT2D eigenvalue weighted by molar-refractivity contribution is 0.591. The second-order valence-corrected chi connectivity index (χ2v) is 33.6. The minimum Gasteiger partial charge on any atom is -0.308 e. The minimum atomic E-state index is -0.243. The van der Waals surface area contributed by atoms with E-state index >= 15 is 0 Å². The van der Waals surface area contributed by atoms with Gasteiger partial charge in [0.05, 0.1) is 44.8 Å². The fourth-order valence-corrected chi connectivity index (χ4v) is 18.9. The zero-order valence-corrected chi connectivity index (χ0v) is 59.0. The van der Waals surface area contributed by atoms with Gasteiger partial charge in [-0.25, -0.2) is 0 Å². The number of hydrogen-bond donors (Lipinski definition) is 0. The summed E-state index contributed by atoms with van der Waals surface area (Å²) in [7, 11) is 0. The summed E-state index contributed by atoms with van der Waals surface area (Å²) in [5.41, 5.74) is 37.9. The largest absolute Gasteiger partial charge is 0.308 e. The van der Waals surface area contributed by atoms with Gasteiger partial charge >= 0.3 is 0 Å². The first-order valence-electron chi connectivity index (χ1n) is 36.1. The second kappa shape index (κ2) is 19.5. The Bertz CT molecular complexity index is 6530. The maximum Gasteiger partial charge on any atom is 0.252 e. The van der Waals surface area contributed by atoms with E-state index in [1.807, 2.05) is 0 Å². The van der Waals surface area contributed by atoms with Crippen LogP contribution in [0.3, 0.4) is 0 Å². The van der Waals surface area contributed by atoms with E-state index in [9.17, 15) is 0 Å². The molecule has 0 N–H and O–H groups in total. The van der Waals surface area contributed by atoms with E-state index in [-0.39, 0.29) is 35.1 Å². The number of benzene rings is 13. The summed E-state index contributed by atoms with van der Waals surface area (Å²) in [4.78, 5) is 0. The average molecular weight is 1280 g/mol. The monoisotopic (exact) mass is 1280 g/mol. The quantitative estimate of drug-likeness (QED) is 0.157. The predicted octanol–water partition coefficient (Wildman–Crippen LogP) is 20.2. The molecule has 0 unspecified atom stereocenters. The maximum absolute atomic E-state index is 2.84. The topological polar surface area (TPSA) is 19.7 Å². The van der Waals surface area contributed by atoms with E-state index in [0.29, 0.717) is 0 Å². The van der Waals surface area contributed by atoms with Crippen LogP contribution >= 0.6 is 0 Å². The van der Waals surface area contributed by atoms with Crippen LogP contribution in [0.25, 0.3) is 154 Å². The molecule has 0 amide bonds. The highest BCUT2D eigenvalue weighted by atomic mass is 15.1. The van der Waals surface area contributed by atoms with E-state index < -0.39 is 0 Å². The molecule has 0 saturated carbocycles. The molecule has 0 atom stereocenters. The van der Waals surface area contributed by atoms with Gasteiger partial charge in [0.2, 0.25) is 0 Å². The van der Waals surface area contributed by atoms with Crippen molar-refractivity contribution in [2.75, 3.05) is 0 Å². The van der Waals surface area contributed by atoms with E-state index in [4.69, 9.17) is 0 Å². The molecule has 17 aromatic rings. The van der Waals surface area contributed by atoms with Gasteiger partial charge in [-0.3, -0.25) is 0 Å². The number of hydrogen-bond acceptors (Lipinski definition) is 0. The predicted molar refractivity (Wildman–Crippen MR) is 430 cm³/mol. The molecular formula is C94H76B2N4. The van der Waals surface area contributed by atoms with E-state index in [1.165, 1.54) is 210 Å². The van der Waals surface area contributed by atoms with Crippen molar-refractivity contribution < 1.29 is 0 Å². The van der Waals surface area contributed by atoms with Crippen LogP contribution in [0.5, 0.6) is 0 Å². The van der Waals surface area contributed by atoms with Crippen molar-refractivity contribution in [3.05, 3.63) is 265 Å². The Balaban J connectivity index is 1.06. The maximum atomic E-state index is 2.84. The van der Waals surface area contributed by atoms with Crippen LogP contribution in [0.4, 0.5) is 0 Å². The van der Waals surface area contributed by atoms with Gasteiger partial charge in [-0.05, 0) is 188 Å². The van der Waals surface area contributed by atoms with Crippen molar-refractivity contribution in [3.8, 4) is 67.3 Å². The molecule has 6 heteroatoms. The molecule has 4 nitrogen and oxygen atoms in total. The van der Waals surface area contributed by atoms with Crippen LogP contribution in [0.15, 0.2) is 243 Å². The lowest BCUT2D eigenvalue weighted by Crippen LogP contribution is -2.65. The molecule has 0 saturated heterocycles. The molecule has 21 rings (SSSR count). The summed E-state index contributed by atoms with van der Waals surface area (Å²) in [6.07, 6.45) is 0. The second-order valence-electron chi connectivity index (χ2n) is 33.6. The van der Waals surface area contributed by atoms with Crippen LogP contribution in [0.2, 0.25) is 0 Å². The highest BCUT2D eigenvalue weighted by Gasteiger charge is 2.52. The smallest absolute Gasteiger partial charge is 0.252 e. The van der Waals surface area contributed by atoms with Gasteiger partial charge in [-0.15, -0.1) is 0 Å². The molecule has 13 aromatic carbocycles. The van der Waals surface area contributed by atoms with E-state index in [1.54, 1.807) is 0 Å². The first-order chi connectivity index (χ1) is 48.2. The summed E-state index contributed by atoms with van der Waals surface area (Å²) in [6.45, 7) is 28.8. The lowest BCUT2D eigenvalue weighted by atomic mass is 9.30. The molecule has 0 bridgehead atoms. The fourth-order valence-electron chi connectivity index (χ4n) is 18.9. The van der Waals surface area contributed by atoms with Gasteiger partial charge in [0, 0.05) is 65.2 Å². The van der Waals surface area contributed by atoms with E-state index in [0.717, 1.165) is 0 Å². The van der Waals surface area contributed by atoms with Gasteiger partial charge < -0.3 is 18.3 Å². The Hall–Kier alpha value is -10.8. The van der Waals surface area contributed by atoms with Crippen LogP contribution in [0.1, 0.15) is 105 Å². The molecule has 8 heterocycles. The lowest BCUT2D eigenvalue weighted by Gasteiger charge is -2.43. The summed E-state index contributed by atoms with van der Waals surface area (Å²) in [6, 6.07) is 94.7. The van der Waals surface area contributed by atoms with E-state index in [2.05, 4.69) is 344 Å². The summed E-state index contributed by atoms with van der Waals surface area (Å²) >= 11 is 0. The van der Waals surface area contributed by atoms with Crippen molar-refractivity contribution in [1.82, 2.24) is 18.3 Å². The van der Waals surface area contributed by atoms with Crippen molar-refractivity contribution in [2.45, 2.75) is 105 Å². The van der Waals surface area contributed by atoms with Crippen molar-refractivity contribution in [3.63, 3.8) is 0 Å². The van der Waals surface area contributed by atoms with Crippen LogP contribution in [0, 0.1) is 0 Å². The van der Waals surface area contributed by atoms with Crippen molar-refractivity contribution in [2.24, 2.45) is 0 Å². The first-order valence-corrected chi connectivity index (χ1v) is 36.1. The van der Waals surface area contributed by atoms with Gasteiger partial charge in [-0.1, -0.05) is 259 Å². The summed E-state index contributed by atoms with van der Waals surface area (Å²) < 4.78 is 11.3. The van der Waals surface area contributed by atoms with Crippen LogP contribution in [-0.4, -0.2) is 31.7 Å². The highest BCUT2D eigenvalue weighted by molar-refractivity contribution is 7.03. The van der Waals surface area contributed by atoms with Crippen LogP contribution < -0.4 is 32.8 Å². The number of rotatable bonds is 4. The van der Waals surface area contributed by atoms with Gasteiger partial charge in [-0.2, -0.15) is 0 Å². The molecular weight excluding hydrogens is 1210 g/mol. The molecule has 0 aliphatic carbocycles. The van der Waals surface area contributed by atoms with Crippen LogP contribution in [-0.2, 0) is 21.7 Å². The average Bonchev–Trinajstić information content (AvgIpc) is 1.38. The standard InChI is InChI=1S/C94H76B2N4/c1-91(2,3)61-47-69-66-44-58(54-27-19-14-20-28-54)34-40-77(66)97-83(69)73(50-61)95-74-51-62(92(4,5)6)48-70-67-45-59(55-29-21-15-22-30-55)35-41-78(67)98(84(70)74)88-81(95)87(97)89-82-90(88)100-76-39-33-57(53-25-17-13-18-26-53)43-65(76)64-37-38-72(94(10,11)12)80(86(64)100)96(82)75-52-63(93(7,8)9)49-71-68-46-60(56-31-23-16-24-32-56)36-42-79(68)99(89)85(71)75/h13-52H,1-12H3. The molecule has 478 valence electrons. The summed E-state index contributed by atoms with van der Waals surface area (Å²) in [5, 5.41) is 10.3. The first kappa shape index (κ1) is 58.2. The molecule has 0 spiro atoms. The zero-order valence-electron chi connectivity index (χ0n) is 59.0. The van der Waals surface area contributed by atoms with Crippen molar-refractivity contribution in [1.29, 1.82) is 0 Å². The summed E-state index contributed by atoms with van der Waals surface area (Å²) in [5.74, 6) is 0. The minimum absolute atomic E-state index is 0.180.